The average molecular weight is 442 g/mol. The Morgan fingerprint density at radius 3 is 1.94 bits per heavy atom. The molecule has 3 rings (SSSR count). The lowest BCUT2D eigenvalue weighted by Gasteiger charge is -2.15. The molecule has 0 radical (unpaired) electrons. The first-order valence-corrected chi connectivity index (χ1v) is 9.20. The molecule has 0 spiro atoms. The summed E-state index contributed by atoms with van der Waals surface area (Å²) in [6.07, 6.45) is 0. The summed E-state index contributed by atoms with van der Waals surface area (Å²) in [5.74, 6) is -1.93. The van der Waals surface area contributed by atoms with Gasteiger partial charge >= 0.3 is 17.9 Å². The lowest BCUT2D eigenvalue weighted by molar-refractivity contribution is -0.133. The lowest BCUT2D eigenvalue weighted by atomic mass is 10.1. The van der Waals surface area contributed by atoms with Crippen molar-refractivity contribution in [3.63, 3.8) is 0 Å². The van der Waals surface area contributed by atoms with Gasteiger partial charge in [0.25, 0.3) is 5.95 Å². The summed E-state index contributed by atoms with van der Waals surface area (Å²) in [7, 11) is 1.26. The number of ether oxygens (including phenoxy) is 5. The molecule has 0 aliphatic heterocycles. The molecule has 1 aromatic heterocycles. The van der Waals surface area contributed by atoms with E-state index in [1.165, 1.54) is 51.3 Å². The van der Waals surface area contributed by atoms with Crippen LogP contribution in [0.15, 0.2) is 45.6 Å². The molecular weight excluding hydrogens is 424 g/mol. The molecule has 3 aromatic rings. The van der Waals surface area contributed by atoms with Crippen LogP contribution < -0.4 is 29.1 Å². The molecule has 0 N–H and O–H groups in total. The second-order valence-electron chi connectivity index (χ2n) is 6.39. The van der Waals surface area contributed by atoms with Gasteiger partial charge < -0.3 is 28.1 Å². The van der Waals surface area contributed by atoms with E-state index in [9.17, 15) is 19.2 Å². The van der Waals surface area contributed by atoms with Crippen molar-refractivity contribution >= 4 is 28.9 Å². The SMILES string of the molecule is COc1c(OC(C)=O)cc2oc(Oc3ccc(OC(C)=O)cc3)cc(=O)c2c1OC(C)=O. The van der Waals surface area contributed by atoms with Crippen LogP contribution in [0, 0.1) is 0 Å². The predicted octanol–water partition coefficient (Wildman–Crippen LogP) is 3.37. The van der Waals surface area contributed by atoms with Crippen LogP contribution in [0.1, 0.15) is 20.8 Å². The molecule has 32 heavy (non-hydrogen) atoms. The minimum atomic E-state index is -0.725. The highest BCUT2D eigenvalue weighted by molar-refractivity contribution is 5.92. The van der Waals surface area contributed by atoms with E-state index in [-0.39, 0.29) is 39.9 Å². The molecule has 0 saturated carbocycles. The monoisotopic (exact) mass is 442 g/mol. The Balaban J connectivity index is 2.09. The van der Waals surface area contributed by atoms with Crippen LogP contribution in [0.25, 0.3) is 11.0 Å². The van der Waals surface area contributed by atoms with Crippen LogP contribution in [0.2, 0.25) is 0 Å². The second kappa shape index (κ2) is 9.21. The maximum absolute atomic E-state index is 12.8. The summed E-state index contributed by atoms with van der Waals surface area (Å²) < 4.78 is 31.6. The molecule has 2 aromatic carbocycles. The lowest BCUT2D eigenvalue weighted by Crippen LogP contribution is -2.11. The van der Waals surface area contributed by atoms with E-state index in [1.807, 2.05) is 0 Å². The van der Waals surface area contributed by atoms with Gasteiger partial charge in [0.05, 0.1) is 13.2 Å². The third kappa shape index (κ3) is 5.04. The summed E-state index contributed by atoms with van der Waals surface area (Å²) >= 11 is 0. The summed E-state index contributed by atoms with van der Waals surface area (Å²) in [4.78, 5) is 46.9. The molecular formula is C22H18O10. The third-order valence-corrected chi connectivity index (χ3v) is 3.88. The molecule has 0 amide bonds. The summed E-state index contributed by atoms with van der Waals surface area (Å²) in [6.45, 7) is 3.59. The van der Waals surface area contributed by atoms with Crippen molar-refractivity contribution in [3.05, 3.63) is 46.6 Å². The Bertz CT molecular complexity index is 1250. The first kappa shape index (κ1) is 22.3. The van der Waals surface area contributed by atoms with E-state index in [2.05, 4.69) is 0 Å². The second-order valence-corrected chi connectivity index (χ2v) is 6.39. The zero-order valence-electron chi connectivity index (χ0n) is 17.5. The number of methoxy groups -OCH3 is 1. The van der Waals surface area contributed by atoms with Gasteiger partial charge in [0, 0.05) is 26.8 Å². The minimum absolute atomic E-state index is 0.0719. The maximum atomic E-state index is 12.8. The highest BCUT2D eigenvalue weighted by Gasteiger charge is 2.24. The fraction of sp³-hybridized carbons (Fsp3) is 0.182. The Kier molecular flexibility index (Phi) is 6.43. The highest BCUT2D eigenvalue weighted by Crippen LogP contribution is 2.43. The van der Waals surface area contributed by atoms with Gasteiger partial charge in [0.15, 0.2) is 11.5 Å². The van der Waals surface area contributed by atoms with Gasteiger partial charge in [-0.3, -0.25) is 19.2 Å². The molecule has 10 heteroatoms. The number of hydrogen-bond donors (Lipinski definition) is 0. The molecule has 0 saturated heterocycles. The highest BCUT2D eigenvalue weighted by atomic mass is 16.6. The first-order chi connectivity index (χ1) is 15.2. The number of hydrogen-bond acceptors (Lipinski definition) is 10. The molecule has 0 aliphatic carbocycles. The van der Waals surface area contributed by atoms with Gasteiger partial charge in [-0.2, -0.15) is 0 Å². The average Bonchev–Trinajstić information content (AvgIpc) is 2.68. The van der Waals surface area contributed by atoms with Crippen molar-refractivity contribution in [3.8, 4) is 34.7 Å². The number of fused-ring (bicyclic) bond motifs is 1. The topological polar surface area (TPSA) is 128 Å². The van der Waals surface area contributed by atoms with E-state index < -0.39 is 23.3 Å². The predicted molar refractivity (Wildman–Crippen MR) is 109 cm³/mol. The number of rotatable bonds is 6. The van der Waals surface area contributed by atoms with E-state index in [0.29, 0.717) is 5.75 Å². The fourth-order valence-electron chi connectivity index (χ4n) is 2.80. The Hall–Kier alpha value is -4.34. The zero-order chi connectivity index (χ0) is 23.4. The molecule has 166 valence electrons. The van der Waals surface area contributed by atoms with Gasteiger partial charge in [-0.25, -0.2) is 0 Å². The summed E-state index contributed by atoms with van der Waals surface area (Å²) in [5.41, 5.74) is -0.668. The van der Waals surface area contributed by atoms with Crippen LogP contribution in [0.5, 0.6) is 34.7 Å². The van der Waals surface area contributed by atoms with E-state index in [4.69, 9.17) is 28.1 Å². The standard InChI is InChI=1S/C22H18O10/c1-11(23)28-14-5-7-15(8-6-14)31-19-9-16(26)20-17(32-19)10-18(29-12(2)24)21(27-4)22(20)30-13(3)25/h5-10H,1-4H3. The minimum Gasteiger partial charge on any atom is -0.490 e. The van der Waals surface area contributed by atoms with Crippen molar-refractivity contribution in [2.45, 2.75) is 20.8 Å². The molecule has 0 aliphatic rings. The Labute approximate surface area is 181 Å². The van der Waals surface area contributed by atoms with Crippen LogP contribution in [0.4, 0.5) is 0 Å². The van der Waals surface area contributed by atoms with Crippen molar-refractivity contribution in [1.82, 2.24) is 0 Å². The van der Waals surface area contributed by atoms with E-state index >= 15 is 0 Å². The number of carbonyl (C=O) groups excluding carboxylic acids is 3. The van der Waals surface area contributed by atoms with Crippen LogP contribution >= 0.6 is 0 Å². The zero-order valence-corrected chi connectivity index (χ0v) is 17.5. The van der Waals surface area contributed by atoms with Crippen LogP contribution in [-0.2, 0) is 14.4 Å². The van der Waals surface area contributed by atoms with Crippen molar-refractivity contribution in [2.24, 2.45) is 0 Å². The van der Waals surface area contributed by atoms with Gasteiger partial charge in [-0.05, 0) is 24.3 Å². The first-order valence-electron chi connectivity index (χ1n) is 9.20. The quantitative estimate of drug-likeness (QED) is 0.414. The van der Waals surface area contributed by atoms with Gasteiger partial charge in [-0.1, -0.05) is 0 Å². The Morgan fingerprint density at radius 2 is 1.38 bits per heavy atom. The molecule has 0 fully saturated rings. The molecule has 0 bridgehead atoms. The smallest absolute Gasteiger partial charge is 0.308 e. The van der Waals surface area contributed by atoms with E-state index in [0.717, 1.165) is 13.0 Å². The third-order valence-electron chi connectivity index (χ3n) is 3.88. The van der Waals surface area contributed by atoms with Gasteiger partial charge in [0.2, 0.25) is 11.2 Å². The number of esters is 3. The van der Waals surface area contributed by atoms with Gasteiger partial charge in [0.1, 0.15) is 22.5 Å². The number of benzene rings is 2. The molecule has 1 heterocycles. The summed E-state index contributed by atoms with van der Waals surface area (Å²) in [6, 6.07) is 8.31. The van der Waals surface area contributed by atoms with Crippen LogP contribution in [0.3, 0.4) is 0 Å². The van der Waals surface area contributed by atoms with Gasteiger partial charge in [-0.15, -0.1) is 0 Å². The summed E-state index contributed by atoms with van der Waals surface area (Å²) in [5, 5.41) is -0.106. The van der Waals surface area contributed by atoms with Crippen molar-refractivity contribution in [2.75, 3.05) is 7.11 Å². The van der Waals surface area contributed by atoms with Crippen molar-refractivity contribution < 1.29 is 42.5 Å². The largest absolute Gasteiger partial charge is 0.490 e. The van der Waals surface area contributed by atoms with E-state index in [1.54, 1.807) is 0 Å². The number of carbonyl (C=O) groups is 3. The molecule has 10 nitrogen and oxygen atoms in total. The fourth-order valence-corrected chi connectivity index (χ4v) is 2.80. The molecule has 0 unspecified atom stereocenters. The normalized spacial score (nSPS) is 10.4. The molecule has 0 atom stereocenters. The Morgan fingerprint density at radius 1 is 0.781 bits per heavy atom. The van der Waals surface area contributed by atoms with Crippen LogP contribution in [-0.4, -0.2) is 25.0 Å². The van der Waals surface area contributed by atoms with Crippen molar-refractivity contribution in [1.29, 1.82) is 0 Å². The maximum Gasteiger partial charge on any atom is 0.308 e.